The first-order valence-corrected chi connectivity index (χ1v) is 6.27. The van der Waals surface area contributed by atoms with Crippen molar-refractivity contribution < 1.29 is 0 Å². The number of nitrogens with two attached hydrogens (primary N) is 1. The first kappa shape index (κ1) is 10.9. The molecular weight excluding hydrogens is 250 g/mol. The molecule has 4 rings (SSSR count). The fourth-order valence-electron chi connectivity index (χ4n) is 2.22. The molecule has 2 aromatic heterocycles. The van der Waals surface area contributed by atoms with Crippen molar-refractivity contribution in [3.8, 4) is 11.5 Å². The number of H-pyrrole nitrogens is 1. The number of aromatic nitrogens is 4. The zero-order valence-corrected chi connectivity index (χ0v) is 10.5. The second kappa shape index (κ2) is 4.03. The minimum atomic E-state index is 0.698. The van der Waals surface area contributed by atoms with Gasteiger partial charge < -0.3 is 10.7 Å². The van der Waals surface area contributed by atoms with E-state index in [-0.39, 0.29) is 0 Å². The van der Waals surface area contributed by atoms with Crippen LogP contribution in [0.25, 0.3) is 33.6 Å². The number of hydrogen-bond acceptors (Lipinski definition) is 4. The molecular formula is C15H11N5. The molecule has 3 N–H and O–H groups in total. The van der Waals surface area contributed by atoms with Gasteiger partial charge in [0.25, 0.3) is 0 Å². The molecule has 5 nitrogen and oxygen atoms in total. The molecule has 0 radical (unpaired) electrons. The van der Waals surface area contributed by atoms with E-state index in [2.05, 4.69) is 19.9 Å². The van der Waals surface area contributed by atoms with Crippen LogP contribution in [-0.2, 0) is 0 Å². The van der Waals surface area contributed by atoms with Crippen LogP contribution in [0.3, 0.4) is 0 Å². The van der Waals surface area contributed by atoms with Gasteiger partial charge in [0.15, 0.2) is 5.82 Å². The minimum Gasteiger partial charge on any atom is -0.399 e. The maximum absolute atomic E-state index is 5.77. The number of fused-ring (bicyclic) bond motifs is 2. The summed E-state index contributed by atoms with van der Waals surface area (Å²) < 4.78 is 0. The molecule has 0 atom stereocenters. The quantitative estimate of drug-likeness (QED) is 0.516. The fraction of sp³-hybridized carbons (Fsp3) is 0. The highest BCUT2D eigenvalue weighted by atomic mass is 15.0. The van der Waals surface area contributed by atoms with E-state index in [0.717, 1.165) is 27.8 Å². The van der Waals surface area contributed by atoms with Gasteiger partial charge in [-0.25, -0.2) is 9.97 Å². The average Bonchev–Trinajstić information content (AvgIpc) is 2.89. The SMILES string of the molecule is Nc1ccc2nc(-c3cnc4ccccc4n3)[nH]c2c1. The lowest BCUT2D eigenvalue weighted by Crippen LogP contribution is -1.89. The first-order chi connectivity index (χ1) is 9.79. The Hall–Kier alpha value is -2.95. The van der Waals surface area contributed by atoms with E-state index in [1.807, 2.05) is 42.5 Å². The molecule has 0 fully saturated rings. The van der Waals surface area contributed by atoms with Crippen LogP contribution in [0.4, 0.5) is 5.69 Å². The van der Waals surface area contributed by atoms with Crippen molar-refractivity contribution >= 4 is 27.8 Å². The van der Waals surface area contributed by atoms with Gasteiger partial charge in [0, 0.05) is 5.69 Å². The summed E-state index contributed by atoms with van der Waals surface area (Å²) in [4.78, 5) is 16.7. The van der Waals surface area contributed by atoms with E-state index < -0.39 is 0 Å². The second-order valence-corrected chi connectivity index (χ2v) is 4.61. The van der Waals surface area contributed by atoms with Crippen LogP contribution in [0.5, 0.6) is 0 Å². The van der Waals surface area contributed by atoms with Gasteiger partial charge in [-0.15, -0.1) is 0 Å². The van der Waals surface area contributed by atoms with Crippen molar-refractivity contribution in [2.24, 2.45) is 0 Å². The zero-order valence-electron chi connectivity index (χ0n) is 10.5. The third-order valence-electron chi connectivity index (χ3n) is 3.20. The summed E-state index contributed by atoms with van der Waals surface area (Å²) >= 11 is 0. The van der Waals surface area contributed by atoms with E-state index in [1.54, 1.807) is 6.20 Å². The molecule has 0 saturated heterocycles. The Morgan fingerprint density at radius 3 is 2.65 bits per heavy atom. The van der Waals surface area contributed by atoms with E-state index >= 15 is 0 Å². The highest BCUT2D eigenvalue weighted by Gasteiger charge is 2.08. The van der Waals surface area contributed by atoms with E-state index in [0.29, 0.717) is 11.5 Å². The lowest BCUT2D eigenvalue weighted by Gasteiger charge is -1.98. The predicted octanol–water partition coefficient (Wildman–Crippen LogP) is 2.76. The van der Waals surface area contributed by atoms with Crippen molar-refractivity contribution in [1.29, 1.82) is 0 Å². The molecule has 0 aliphatic rings. The van der Waals surface area contributed by atoms with Crippen LogP contribution >= 0.6 is 0 Å². The molecule has 0 bridgehead atoms. The largest absolute Gasteiger partial charge is 0.399 e. The molecule has 2 aromatic carbocycles. The lowest BCUT2D eigenvalue weighted by atomic mass is 10.3. The molecule has 4 aromatic rings. The Morgan fingerprint density at radius 1 is 0.900 bits per heavy atom. The van der Waals surface area contributed by atoms with Crippen LogP contribution in [0.15, 0.2) is 48.7 Å². The van der Waals surface area contributed by atoms with Crippen LogP contribution in [0, 0.1) is 0 Å². The Morgan fingerprint density at radius 2 is 1.75 bits per heavy atom. The maximum atomic E-state index is 5.77. The third-order valence-corrected chi connectivity index (χ3v) is 3.20. The number of benzene rings is 2. The topological polar surface area (TPSA) is 80.5 Å². The van der Waals surface area contributed by atoms with Crippen molar-refractivity contribution in [3.05, 3.63) is 48.7 Å². The first-order valence-electron chi connectivity index (χ1n) is 6.27. The van der Waals surface area contributed by atoms with Gasteiger partial charge in [-0.2, -0.15) is 0 Å². The zero-order chi connectivity index (χ0) is 13.5. The number of para-hydroxylation sites is 2. The predicted molar refractivity (Wildman–Crippen MR) is 79.0 cm³/mol. The van der Waals surface area contributed by atoms with Crippen molar-refractivity contribution in [1.82, 2.24) is 19.9 Å². The van der Waals surface area contributed by atoms with Crippen molar-refractivity contribution in [2.45, 2.75) is 0 Å². The van der Waals surface area contributed by atoms with Crippen LogP contribution in [-0.4, -0.2) is 19.9 Å². The number of nitrogen functional groups attached to an aromatic ring is 1. The van der Waals surface area contributed by atoms with Gasteiger partial charge in [0.2, 0.25) is 0 Å². The lowest BCUT2D eigenvalue weighted by molar-refractivity contribution is 1.22. The average molecular weight is 261 g/mol. The minimum absolute atomic E-state index is 0.698. The number of imidazole rings is 1. The number of rotatable bonds is 1. The Labute approximate surface area is 114 Å². The van der Waals surface area contributed by atoms with Crippen LogP contribution < -0.4 is 5.73 Å². The van der Waals surface area contributed by atoms with Gasteiger partial charge in [0.05, 0.1) is 28.3 Å². The van der Waals surface area contributed by atoms with Gasteiger partial charge in [-0.05, 0) is 30.3 Å². The summed E-state index contributed by atoms with van der Waals surface area (Å²) in [6.07, 6.45) is 1.73. The standard InChI is InChI=1S/C15H11N5/c16-9-5-6-12-13(7-9)20-15(19-12)14-8-17-10-3-1-2-4-11(10)18-14/h1-8H,16H2,(H,19,20). The second-order valence-electron chi connectivity index (χ2n) is 4.61. The molecule has 0 saturated carbocycles. The summed E-state index contributed by atoms with van der Waals surface area (Å²) in [6, 6.07) is 13.3. The van der Waals surface area contributed by atoms with Crippen molar-refractivity contribution in [2.75, 3.05) is 5.73 Å². The number of anilines is 1. The van der Waals surface area contributed by atoms with E-state index in [1.165, 1.54) is 0 Å². The van der Waals surface area contributed by atoms with Gasteiger partial charge in [-0.1, -0.05) is 12.1 Å². The number of nitrogens with zero attached hydrogens (tertiary/aromatic N) is 3. The monoisotopic (exact) mass is 261 g/mol. The van der Waals surface area contributed by atoms with E-state index in [4.69, 9.17) is 5.73 Å². The summed E-state index contributed by atoms with van der Waals surface area (Å²) in [5, 5.41) is 0. The third kappa shape index (κ3) is 1.68. The summed E-state index contributed by atoms with van der Waals surface area (Å²) in [5.41, 5.74) is 10.7. The highest BCUT2D eigenvalue weighted by Crippen LogP contribution is 2.21. The Kier molecular flexibility index (Phi) is 2.20. The molecule has 0 aliphatic heterocycles. The van der Waals surface area contributed by atoms with Gasteiger partial charge in [0.1, 0.15) is 5.69 Å². The summed E-state index contributed by atoms with van der Waals surface area (Å²) in [7, 11) is 0. The molecule has 0 aliphatic carbocycles. The maximum Gasteiger partial charge on any atom is 0.158 e. The summed E-state index contributed by atoms with van der Waals surface area (Å²) in [5.74, 6) is 0.698. The summed E-state index contributed by atoms with van der Waals surface area (Å²) in [6.45, 7) is 0. The molecule has 20 heavy (non-hydrogen) atoms. The van der Waals surface area contributed by atoms with Crippen LogP contribution in [0.1, 0.15) is 0 Å². The van der Waals surface area contributed by atoms with Crippen molar-refractivity contribution in [3.63, 3.8) is 0 Å². The number of nitrogens with one attached hydrogen (secondary N) is 1. The molecule has 0 spiro atoms. The van der Waals surface area contributed by atoms with E-state index in [9.17, 15) is 0 Å². The smallest absolute Gasteiger partial charge is 0.158 e. The highest BCUT2D eigenvalue weighted by molar-refractivity contribution is 5.82. The normalized spacial score (nSPS) is 11.2. The van der Waals surface area contributed by atoms with Crippen LogP contribution in [0.2, 0.25) is 0 Å². The number of hydrogen-bond donors (Lipinski definition) is 2. The molecule has 5 heteroatoms. The van der Waals surface area contributed by atoms with Gasteiger partial charge >= 0.3 is 0 Å². The Bertz CT molecular complexity index is 926. The molecule has 2 heterocycles. The molecule has 96 valence electrons. The molecule has 0 unspecified atom stereocenters. The van der Waals surface area contributed by atoms with Gasteiger partial charge in [-0.3, -0.25) is 4.98 Å². The Balaban J connectivity index is 1.91. The molecule has 0 amide bonds. The fourth-order valence-corrected chi connectivity index (χ4v) is 2.22. The number of aromatic amines is 1.